The van der Waals surface area contributed by atoms with Crippen molar-refractivity contribution in [1.82, 2.24) is 5.32 Å². The Morgan fingerprint density at radius 1 is 1.24 bits per heavy atom. The average molecular weight is 293 g/mol. The predicted molar refractivity (Wildman–Crippen MR) is 81.9 cm³/mol. The van der Waals surface area contributed by atoms with Crippen molar-refractivity contribution in [1.29, 1.82) is 0 Å². The molecule has 0 aliphatic heterocycles. The number of aliphatic hydroxyl groups excluding tert-OH is 1. The molecule has 0 aliphatic carbocycles. The van der Waals surface area contributed by atoms with Crippen LogP contribution in [0.5, 0.6) is 0 Å². The van der Waals surface area contributed by atoms with Gasteiger partial charge in [-0.15, -0.1) is 0 Å². The molecule has 1 aromatic rings. The third kappa shape index (κ3) is 5.93. The van der Waals surface area contributed by atoms with Gasteiger partial charge in [-0.2, -0.15) is 0 Å². The number of benzene rings is 1. The quantitative estimate of drug-likeness (QED) is 0.594. The maximum Gasteiger partial charge on any atom is 0.251 e. The van der Waals surface area contributed by atoms with Crippen molar-refractivity contribution in [2.24, 2.45) is 11.7 Å². The lowest BCUT2D eigenvalue weighted by molar-refractivity contribution is -0.117. The van der Waals surface area contributed by atoms with Crippen molar-refractivity contribution in [3.63, 3.8) is 0 Å². The number of hydrogen-bond donors (Lipinski definition) is 4. The van der Waals surface area contributed by atoms with Crippen molar-refractivity contribution in [2.45, 2.75) is 26.3 Å². The summed E-state index contributed by atoms with van der Waals surface area (Å²) in [7, 11) is 0. The molecule has 0 saturated carbocycles. The Morgan fingerprint density at radius 3 is 2.38 bits per heavy atom. The average Bonchev–Trinajstić information content (AvgIpc) is 2.44. The van der Waals surface area contributed by atoms with Gasteiger partial charge in [0.1, 0.15) is 0 Å². The van der Waals surface area contributed by atoms with Crippen molar-refractivity contribution in [2.75, 3.05) is 18.5 Å². The van der Waals surface area contributed by atoms with E-state index in [9.17, 15) is 9.59 Å². The Balaban J connectivity index is 2.58. The third-order valence-electron chi connectivity index (χ3n) is 2.87. The molecule has 116 valence electrons. The number of nitrogens with one attached hydrogen (secondary N) is 2. The van der Waals surface area contributed by atoms with Crippen LogP contribution in [0.15, 0.2) is 24.3 Å². The van der Waals surface area contributed by atoms with Crippen LogP contribution in [0, 0.1) is 5.92 Å². The van der Waals surface area contributed by atoms with E-state index in [0.29, 0.717) is 23.6 Å². The first-order valence-corrected chi connectivity index (χ1v) is 6.99. The molecule has 1 rings (SSSR count). The fourth-order valence-electron chi connectivity index (χ4n) is 1.83. The molecule has 0 heterocycles. The van der Waals surface area contributed by atoms with E-state index in [-0.39, 0.29) is 25.0 Å². The third-order valence-corrected chi connectivity index (χ3v) is 2.87. The van der Waals surface area contributed by atoms with Crippen LogP contribution in [-0.2, 0) is 4.79 Å². The summed E-state index contributed by atoms with van der Waals surface area (Å²) in [5.74, 6) is -0.150. The zero-order chi connectivity index (χ0) is 15.8. The second-order valence-electron chi connectivity index (χ2n) is 5.28. The van der Waals surface area contributed by atoms with Gasteiger partial charge in [0.15, 0.2) is 0 Å². The van der Waals surface area contributed by atoms with Gasteiger partial charge in [-0.05, 0) is 36.6 Å². The second-order valence-corrected chi connectivity index (χ2v) is 5.28. The predicted octanol–water partition coefficient (Wildman–Crippen LogP) is 0.721. The lowest BCUT2D eigenvalue weighted by Gasteiger charge is -2.14. The highest BCUT2D eigenvalue weighted by Crippen LogP contribution is 2.11. The first-order valence-electron chi connectivity index (χ1n) is 6.99. The number of amides is 2. The summed E-state index contributed by atoms with van der Waals surface area (Å²) in [5, 5.41) is 13.9. The lowest BCUT2D eigenvalue weighted by Crippen LogP contribution is -2.36. The van der Waals surface area contributed by atoms with E-state index < -0.39 is 6.04 Å². The normalized spacial score (nSPS) is 12.0. The number of carbonyl (C=O) groups excluding carboxylic acids is 2. The molecule has 0 saturated heterocycles. The number of nitrogens with two attached hydrogens (primary N) is 1. The van der Waals surface area contributed by atoms with Gasteiger partial charge < -0.3 is 21.5 Å². The zero-order valence-corrected chi connectivity index (χ0v) is 12.4. The lowest BCUT2D eigenvalue weighted by atomic mass is 10.0. The number of aliphatic hydroxyl groups is 1. The van der Waals surface area contributed by atoms with Gasteiger partial charge in [-0.25, -0.2) is 0 Å². The molecule has 0 aromatic heterocycles. The molecule has 1 atom stereocenters. The molecule has 1 aromatic carbocycles. The number of carbonyl (C=O) groups is 2. The van der Waals surface area contributed by atoms with Gasteiger partial charge in [-0.1, -0.05) is 13.8 Å². The summed E-state index contributed by atoms with van der Waals surface area (Å²) < 4.78 is 0. The van der Waals surface area contributed by atoms with Crippen molar-refractivity contribution < 1.29 is 14.7 Å². The molecule has 0 fully saturated rings. The topological polar surface area (TPSA) is 104 Å². The molecule has 6 nitrogen and oxygen atoms in total. The van der Waals surface area contributed by atoms with Gasteiger partial charge in [0.05, 0.1) is 12.6 Å². The van der Waals surface area contributed by atoms with Crippen LogP contribution in [-0.4, -0.2) is 36.1 Å². The summed E-state index contributed by atoms with van der Waals surface area (Å²) >= 11 is 0. The molecule has 5 N–H and O–H groups in total. The summed E-state index contributed by atoms with van der Waals surface area (Å²) in [6.07, 6.45) is 0.619. The van der Waals surface area contributed by atoms with E-state index >= 15 is 0 Å². The van der Waals surface area contributed by atoms with Crippen LogP contribution in [0.2, 0.25) is 0 Å². The molecular formula is C15H23N3O3. The number of anilines is 1. The van der Waals surface area contributed by atoms with E-state index in [0.717, 1.165) is 0 Å². The summed E-state index contributed by atoms with van der Waals surface area (Å²) in [5.41, 5.74) is 6.86. The molecule has 0 bridgehead atoms. The number of rotatable bonds is 7. The van der Waals surface area contributed by atoms with Crippen molar-refractivity contribution in [3.8, 4) is 0 Å². The summed E-state index contributed by atoms with van der Waals surface area (Å²) in [6.45, 7) is 4.12. The van der Waals surface area contributed by atoms with E-state index in [4.69, 9.17) is 10.8 Å². The Labute approximate surface area is 124 Å². The van der Waals surface area contributed by atoms with Crippen LogP contribution in [0.1, 0.15) is 30.6 Å². The second kappa shape index (κ2) is 8.39. The van der Waals surface area contributed by atoms with Gasteiger partial charge >= 0.3 is 0 Å². The number of hydrogen-bond acceptors (Lipinski definition) is 4. The van der Waals surface area contributed by atoms with Crippen molar-refractivity contribution >= 4 is 17.5 Å². The van der Waals surface area contributed by atoms with E-state index in [1.54, 1.807) is 24.3 Å². The summed E-state index contributed by atoms with van der Waals surface area (Å²) in [6, 6.07) is 5.96. The Bertz CT molecular complexity index is 472. The molecule has 0 aliphatic rings. The van der Waals surface area contributed by atoms with Crippen LogP contribution >= 0.6 is 0 Å². The minimum absolute atomic E-state index is 0.104. The standard InChI is InChI=1S/C15H23N3O3/c1-10(2)9-13(16)15(21)18-12-5-3-11(4-6-12)14(20)17-7-8-19/h3-6,10,13,19H,7-9,16H2,1-2H3,(H,17,20)(H,18,21). The zero-order valence-electron chi connectivity index (χ0n) is 12.4. The first-order chi connectivity index (χ1) is 9.93. The Hall–Kier alpha value is -1.92. The van der Waals surface area contributed by atoms with Gasteiger partial charge in [-0.3, -0.25) is 9.59 Å². The van der Waals surface area contributed by atoms with Crippen LogP contribution < -0.4 is 16.4 Å². The maximum absolute atomic E-state index is 11.9. The SMILES string of the molecule is CC(C)CC(N)C(=O)Nc1ccc(C(=O)NCCO)cc1. The van der Waals surface area contributed by atoms with Gasteiger partial charge in [0, 0.05) is 17.8 Å². The smallest absolute Gasteiger partial charge is 0.251 e. The largest absolute Gasteiger partial charge is 0.395 e. The van der Waals surface area contributed by atoms with Gasteiger partial charge in [0.2, 0.25) is 5.91 Å². The first kappa shape index (κ1) is 17.1. The fourth-order valence-corrected chi connectivity index (χ4v) is 1.83. The minimum atomic E-state index is -0.544. The molecular weight excluding hydrogens is 270 g/mol. The van der Waals surface area contributed by atoms with Crippen LogP contribution in [0.25, 0.3) is 0 Å². The van der Waals surface area contributed by atoms with E-state index in [1.165, 1.54) is 0 Å². The summed E-state index contributed by atoms with van der Waals surface area (Å²) in [4.78, 5) is 23.5. The Morgan fingerprint density at radius 2 is 1.86 bits per heavy atom. The Kier molecular flexibility index (Phi) is 6.84. The monoisotopic (exact) mass is 293 g/mol. The molecule has 21 heavy (non-hydrogen) atoms. The highest BCUT2D eigenvalue weighted by molar-refractivity contribution is 5.97. The van der Waals surface area contributed by atoms with Gasteiger partial charge in [0.25, 0.3) is 5.91 Å². The molecule has 1 unspecified atom stereocenters. The highest BCUT2D eigenvalue weighted by Gasteiger charge is 2.15. The molecule has 2 amide bonds. The van der Waals surface area contributed by atoms with E-state index in [1.807, 2.05) is 13.8 Å². The van der Waals surface area contributed by atoms with Crippen molar-refractivity contribution in [3.05, 3.63) is 29.8 Å². The molecule has 6 heteroatoms. The maximum atomic E-state index is 11.9. The fraction of sp³-hybridized carbons (Fsp3) is 0.467. The van der Waals surface area contributed by atoms with Crippen LogP contribution in [0.4, 0.5) is 5.69 Å². The van der Waals surface area contributed by atoms with E-state index in [2.05, 4.69) is 10.6 Å². The minimum Gasteiger partial charge on any atom is -0.395 e. The molecule has 0 radical (unpaired) electrons. The molecule has 0 spiro atoms. The van der Waals surface area contributed by atoms with Crippen LogP contribution in [0.3, 0.4) is 0 Å². The highest BCUT2D eigenvalue weighted by atomic mass is 16.3.